The Morgan fingerprint density at radius 3 is 2.73 bits per heavy atom. The molecule has 2 heterocycles. The van der Waals surface area contributed by atoms with Crippen LogP contribution in [0.25, 0.3) is 0 Å². The van der Waals surface area contributed by atoms with E-state index in [2.05, 4.69) is 39.2 Å². The van der Waals surface area contributed by atoms with Gasteiger partial charge in [0.15, 0.2) is 0 Å². The summed E-state index contributed by atoms with van der Waals surface area (Å²) in [6.07, 6.45) is 4.64. The zero-order chi connectivity index (χ0) is 18.5. The maximum atomic E-state index is 12.9. The smallest absolute Gasteiger partial charge is 0.270 e. The molecule has 7 heteroatoms. The van der Waals surface area contributed by atoms with Crippen LogP contribution in [-0.2, 0) is 4.74 Å². The van der Waals surface area contributed by atoms with Crippen molar-refractivity contribution >= 4 is 11.9 Å². The number of morpholine rings is 1. The van der Waals surface area contributed by atoms with E-state index in [4.69, 9.17) is 4.74 Å². The second-order valence-electron chi connectivity index (χ2n) is 7.68. The van der Waals surface area contributed by atoms with Crippen LogP contribution in [0.15, 0.2) is 6.07 Å². The highest BCUT2D eigenvalue weighted by molar-refractivity contribution is 5.92. The van der Waals surface area contributed by atoms with Crippen molar-refractivity contribution in [2.45, 2.75) is 38.6 Å². The highest BCUT2D eigenvalue weighted by Gasteiger charge is 2.28. The third-order valence-corrected chi connectivity index (χ3v) is 5.19. The second kappa shape index (κ2) is 8.77. The molecule has 1 aliphatic carbocycles. The molecule has 26 heavy (non-hydrogen) atoms. The molecule has 1 aromatic heterocycles. The Balaban J connectivity index is 1.71. The molecular formula is C19H31N5O2. The minimum atomic E-state index is -0.0827. The Morgan fingerprint density at radius 1 is 1.27 bits per heavy atom. The van der Waals surface area contributed by atoms with Gasteiger partial charge in [-0.05, 0) is 45.8 Å². The lowest BCUT2D eigenvalue weighted by Crippen LogP contribution is -2.45. The third-order valence-electron chi connectivity index (χ3n) is 5.19. The van der Waals surface area contributed by atoms with Gasteiger partial charge >= 0.3 is 0 Å². The van der Waals surface area contributed by atoms with Gasteiger partial charge in [-0.2, -0.15) is 0 Å². The van der Waals surface area contributed by atoms with Gasteiger partial charge in [0.2, 0.25) is 5.95 Å². The van der Waals surface area contributed by atoms with Crippen LogP contribution in [0.3, 0.4) is 0 Å². The van der Waals surface area contributed by atoms with E-state index in [0.717, 1.165) is 31.7 Å². The molecule has 2 unspecified atom stereocenters. The van der Waals surface area contributed by atoms with Crippen molar-refractivity contribution in [2.24, 2.45) is 5.92 Å². The van der Waals surface area contributed by atoms with Gasteiger partial charge in [-0.15, -0.1) is 0 Å². The summed E-state index contributed by atoms with van der Waals surface area (Å²) >= 11 is 0. The first-order valence-corrected chi connectivity index (χ1v) is 9.67. The SMILES string of the molecule is Cc1cc(C(=O)NC2CCCCC2CN(C)C)nc(N2CCOCC2)n1. The van der Waals surface area contributed by atoms with Crippen LogP contribution >= 0.6 is 0 Å². The van der Waals surface area contributed by atoms with E-state index in [-0.39, 0.29) is 11.9 Å². The molecule has 1 amide bonds. The third kappa shape index (κ3) is 4.92. The van der Waals surface area contributed by atoms with Gasteiger partial charge < -0.3 is 19.9 Å². The molecule has 1 aliphatic heterocycles. The van der Waals surface area contributed by atoms with Gasteiger partial charge in [-0.3, -0.25) is 4.79 Å². The van der Waals surface area contributed by atoms with Gasteiger partial charge in [0.05, 0.1) is 13.2 Å². The van der Waals surface area contributed by atoms with Crippen molar-refractivity contribution in [2.75, 3.05) is 51.8 Å². The van der Waals surface area contributed by atoms with E-state index >= 15 is 0 Å². The number of amides is 1. The van der Waals surface area contributed by atoms with Crippen LogP contribution in [0.4, 0.5) is 5.95 Å². The summed E-state index contributed by atoms with van der Waals surface area (Å²) in [4.78, 5) is 26.2. The van der Waals surface area contributed by atoms with Gasteiger partial charge in [0, 0.05) is 31.4 Å². The Labute approximate surface area is 156 Å². The van der Waals surface area contributed by atoms with Crippen LogP contribution in [-0.4, -0.2) is 73.8 Å². The molecule has 144 valence electrons. The largest absolute Gasteiger partial charge is 0.378 e. The zero-order valence-electron chi connectivity index (χ0n) is 16.2. The van der Waals surface area contributed by atoms with E-state index in [1.807, 2.05) is 6.92 Å². The number of aromatic nitrogens is 2. The highest BCUT2D eigenvalue weighted by atomic mass is 16.5. The molecule has 3 rings (SSSR count). The zero-order valence-corrected chi connectivity index (χ0v) is 16.2. The molecule has 0 bridgehead atoms. The van der Waals surface area contributed by atoms with Crippen molar-refractivity contribution < 1.29 is 9.53 Å². The van der Waals surface area contributed by atoms with Crippen LogP contribution in [0.2, 0.25) is 0 Å². The Bertz CT molecular complexity index is 616. The summed E-state index contributed by atoms with van der Waals surface area (Å²) in [5.41, 5.74) is 1.29. The Hall–Kier alpha value is -1.73. The molecule has 7 nitrogen and oxygen atoms in total. The molecule has 2 atom stereocenters. The number of nitrogens with zero attached hydrogens (tertiary/aromatic N) is 4. The molecule has 0 radical (unpaired) electrons. The summed E-state index contributed by atoms with van der Waals surface area (Å²) in [6, 6.07) is 2.00. The summed E-state index contributed by atoms with van der Waals surface area (Å²) < 4.78 is 5.39. The fraction of sp³-hybridized carbons (Fsp3) is 0.737. The molecule has 0 spiro atoms. The molecular weight excluding hydrogens is 330 g/mol. The summed E-state index contributed by atoms with van der Waals surface area (Å²) in [5.74, 6) is 1.05. The number of carbonyl (C=O) groups is 1. The van der Waals surface area contributed by atoms with Gasteiger partial charge in [0.25, 0.3) is 5.91 Å². The predicted molar refractivity (Wildman–Crippen MR) is 102 cm³/mol. The lowest BCUT2D eigenvalue weighted by molar-refractivity contribution is 0.0890. The fourth-order valence-electron chi connectivity index (χ4n) is 3.90. The lowest BCUT2D eigenvalue weighted by Gasteiger charge is -2.34. The summed E-state index contributed by atoms with van der Waals surface area (Å²) in [5, 5.41) is 3.25. The quantitative estimate of drug-likeness (QED) is 0.856. The second-order valence-corrected chi connectivity index (χ2v) is 7.68. The highest BCUT2D eigenvalue weighted by Crippen LogP contribution is 2.25. The molecule has 1 saturated carbocycles. The molecule has 2 fully saturated rings. The molecule has 0 aromatic carbocycles. The molecule has 1 aromatic rings. The van der Waals surface area contributed by atoms with Crippen molar-refractivity contribution in [1.29, 1.82) is 0 Å². The number of hydrogen-bond donors (Lipinski definition) is 1. The minimum Gasteiger partial charge on any atom is -0.378 e. The number of aryl methyl sites for hydroxylation is 1. The normalized spacial score (nSPS) is 23.9. The Morgan fingerprint density at radius 2 is 2.00 bits per heavy atom. The van der Waals surface area contributed by atoms with E-state index in [1.54, 1.807) is 6.07 Å². The van der Waals surface area contributed by atoms with Gasteiger partial charge in [0.1, 0.15) is 5.69 Å². The lowest BCUT2D eigenvalue weighted by atomic mass is 9.84. The topological polar surface area (TPSA) is 70.6 Å². The maximum Gasteiger partial charge on any atom is 0.270 e. The number of rotatable bonds is 5. The first-order chi connectivity index (χ1) is 12.5. The first-order valence-electron chi connectivity index (χ1n) is 9.67. The summed E-state index contributed by atoms with van der Waals surface area (Å²) in [7, 11) is 4.19. The monoisotopic (exact) mass is 361 g/mol. The summed E-state index contributed by atoms with van der Waals surface area (Å²) in [6.45, 7) is 5.79. The van der Waals surface area contributed by atoms with E-state index in [1.165, 1.54) is 19.3 Å². The van der Waals surface area contributed by atoms with Crippen LogP contribution in [0.1, 0.15) is 41.9 Å². The van der Waals surface area contributed by atoms with Gasteiger partial charge in [-0.1, -0.05) is 12.8 Å². The van der Waals surface area contributed by atoms with E-state index < -0.39 is 0 Å². The van der Waals surface area contributed by atoms with Crippen molar-refractivity contribution in [1.82, 2.24) is 20.2 Å². The van der Waals surface area contributed by atoms with Crippen LogP contribution < -0.4 is 10.2 Å². The van der Waals surface area contributed by atoms with Crippen LogP contribution in [0.5, 0.6) is 0 Å². The van der Waals surface area contributed by atoms with Crippen molar-refractivity contribution in [3.8, 4) is 0 Å². The van der Waals surface area contributed by atoms with Crippen LogP contribution in [0, 0.1) is 12.8 Å². The number of carbonyl (C=O) groups excluding carboxylic acids is 1. The first kappa shape index (κ1) is 19.0. The average molecular weight is 361 g/mol. The van der Waals surface area contributed by atoms with Crippen molar-refractivity contribution in [3.63, 3.8) is 0 Å². The fourth-order valence-corrected chi connectivity index (χ4v) is 3.90. The Kier molecular flexibility index (Phi) is 6.43. The molecule has 2 aliphatic rings. The minimum absolute atomic E-state index is 0.0827. The molecule has 1 saturated heterocycles. The number of hydrogen-bond acceptors (Lipinski definition) is 6. The number of anilines is 1. The maximum absolute atomic E-state index is 12.9. The van der Waals surface area contributed by atoms with E-state index in [9.17, 15) is 4.79 Å². The van der Waals surface area contributed by atoms with Gasteiger partial charge in [-0.25, -0.2) is 9.97 Å². The van der Waals surface area contributed by atoms with E-state index in [0.29, 0.717) is 30.8 Å². The van der Waals surface area contributed by atoms with Crippen molar-refractivity contribution in [3.05, 3.63) is 17.5 Å². The standard InChI is InChI=1S/C19H31N5O2/c1-14-12-17(22-19(20-14)24-8-10-26-11-9-24)18(25)21-16-7-5-4-6-15(16)13-23(2)3/h12,15-16H,4-11,13H2,1-3H3,(H,21,25). The predicted octanol–water partition coefficient (Wildman–Crippen LogP) is 1.47. The molecule has 1 N–H and O–H groups in total. The number of nitrogens with one attached hydrogen (secondary N) is 1. The average Bonchev–Trinajstić information content (AvgIpc) is 2.63. The number of ether oxygens (including phenoxy) is 1.